The van der Waals surface area contributed by atoms with E-state index in [0.717, 1.165) is 5.56 Å². The molecule has 0 aliphatic rings. The van der Waals surface area contributed by atoms with Crippen LogP contribution < -0.4 is 16.2 Å². The highest BCUT2D eigenvalue weighted by atomic mass is 16.5. The molecule has 0 radical (unpaired) electrons. The van der Waals surface area contributed by atoms with Gasteiger partial charge in [0.05, 0.1) is 0 Å². The van der Waals surface area contributed by atoms with Gasteiger partial charge in [-0.15, -0.1) is 0 Å². The number of hydrogen-bond donors (Lipinski definition) is 2. The van der Waals surface area contributed by atoms with E-state index in [1.165, 1.54) is 0 Å². The van der Waals surface area contributed by atoms with E-state index >= 15 is 0 Å². The Balaban J connectivity index is 2.74. The van der Waals surface area contributed by atoms with E-state index in [-0.39, 0.29) is 0 Å². The molecule has 1 atom stereocenters. The molecular weight excluding hydrogens is 192 g/mol. The normalized spacial score (nSPS) is 12.1. The first-order valence-corrected chi connectivity index (χ1v) is 4.92. The number of ether oxygens (including phenoxy) is 1. The van der Waals surface area contributed by atoms with Gasteiger partial charge in [-0.2, -0.15) is 0 Å². The van der Waals surface area contributed by atoms with Crippen molar-refractivity contribution in [2.24, 2.45) is 11.5 Å². The van der Waals surface area contributed by atoms with Crippen molar-refractivity contribution in [3.8, 4) is 5.75 Å². The first-order chi connectivity index (χ1) is 7.17. The second-order valence-electron chi connectivity index (χ2n) is 3.27. The van der Waals surface area contributed by atoms with E-state index in [1.807, 2.05) is 25.1 Å². The summed E-state index contributed by atoms with van der Waals surface area (Å²) < 4.78 is 5.44. The molecular formula is C11H16N2O2. The summed E-state index contributed by atoms with van der Waals surface area (Å²) in [6.07, 6.45) is -0.0135. The van der Waals surface area contributed by atoms with Crippen LogP contribution in [0, 0.1) is 0 Å². The lowest BCUT2D eigenvalue weighted by atomic mass is 10.2. The zero-order valence-corrected chi connectivity index (χ0v) is 8.77. The van der Waals surface area contributed by atoms with Crippen LogP contribution in [0.25, 0.3) is 0 Å². The molecule has 4 nitrogen and oxygen atoms in total. The van der Waals surface area contributed by atoms with Gasteiger partial charge in [0.1, 0.15) is 5.75 Å². The van der Waals surface area contributed by atoms with Crippen LogP contribution in [0.2, 0.25) is 0 Å². The Morgan fingerprint density at radius 1 is 1.53 bits per heavy atom. The number of nitrogens with two attached hydrogens (primary N) is 2. The Morgan fingerprint density at radius 3 is 2.80 bits per heavy atom. The predicted molar refractivity (Wildman–Crippen MR) is 58.2 cm³/mol. The molecule has 4 N–H and O–H groups in total. The van der Waals surface area contributed by atoms with Gasteiger partial charge < -0.3 is 16.2 Å². The van der Waals surface area contributed by atoms with Crippen LogP contribution in [0.15, 0.2) is 24.3 Å². The monoisotopic (exact) mass is 208 g/mol. The van der Waals surface area contributed by atoms with Crippen molar-refractivity contribution in [2.75, 3.05) is 0 Å². The molecule has 0 aliphatic carbocycles. The highest BCUT2D eigenvalue weighted by molar-refractivity contribution is 5.79. The van der Waals surface area contributed by atoms with Crippen molar-refractivity contribution in [1.29, 1.82) is 0 Å². The summed E-state index contributed by atoms with van der Waals surface area (Å²) in [5.41, 5.74) is 11.6. The minimum Gasteiger partial charge on any atom is -0.481 e. The van der Waals surface area contributed by atoms with Crippen molar-refractivity contribution >= 4 is 5.91 Å². The maximum atomic E-state index is 11.0. The zero-order chi connectivity index (χ0) is 11.3. The number of amides is 1. The maximum Gasteiger partial charge on any atom is 0.258 e. The second kappa shape index (κ2) is 5.36. The lowest BCUT2D eigenvalue weighted by Crippen LogP contribution is -2.32. The van der Waals surface area contributed by atoms with Crippen molar-refractivity contribution in [3.05, 3.63) is 29.8 Å². The van der Waals surface area contributed by atoms with Crippen molar-refractivity contribution in [3.63, 3.8) is 0 Å². The predicted octanol–water partition coefficient (Wildman–Crippen LogP) is 0.788. The highest BCUT2D eigenvalue weighted by Crippen LogP contribution is 2.15. The minimum absolute atomic E-state index is 0.448. The van der Waals surface area contributed by atoms with Gasteiger partial charge >= 0.3 is 0 Å². The van der Waals surface area contributed by atoms with Gasteiger partial charge in [-0.3, -0.25) is 4.79 Å². The Morgan fingerprint density at radius 2 is 2.27 bits per heavy atom. The number of primary amides is 1. The number of carbonyl (C=O) groups is 1. The number of hydrogen-bond acceptors (Lipinski definition) is 3. The van der Waals surface area contributed by atoms with E-state index < -0.39 is 12.0 Å². The molecule has 1 amide bonds. The van der Waals surface area contributed by atoms with E-state index in [2.05, 4.69) is 0 Å². The molecule has 0 heterocycles. The quantitative estimate of drug-likeness (QED) is 0.750. The third-order valence-corrected chi connectivity index (χ3v) is 2.10. The van der Waals surface area contributed by atoms with Crippen LogP contribution in [0.5, 0.6) is 5.75 Å². The molecule has 0 saturated heterocycles. The fraction of sp³-hybridized carbons (Fsp3) is 0.364. The molecule has 0 aliphatic heterocycles. The zero-order valence-electron chi connectivity index (χ0n) is 8.77. The SMILES string of the molecule is CCC(Oc1cccc(CN)c1)C(N)=O. The van der Waals surface area contributed by atoms with E-state index in [9.17, 15) is 4.79 Å². The molecule has 1 rings (SSSR count). The van der Waals surface area contributed by atoms with Crippen LogP contribution in [-0.4, -0.2) is 12.0 Å². The van der Waals surface area contributed by atoms with Gasteiger partial charge in [-0.05, 0) is 24.1 Å². The van der Waals surface area contributed by atoms with Crippen LogP contribution >= 0.6 is 0 Å². The average molecular weight is 208 g/mol. The highest BCUT2D eigenvalue weighted by Gasteiger charge is 2.14. The molecule has 0 fully saturated rings. The molecule has 1 unspecified atom stereocenters. The maximum absolute atomic E-state index is 11.0. The molecule has 0 bridgehead atoms. The fourth-order valence-electron chi connectivity index (χ4n) is 1.25. The summed E-state index contributed by atoms with van der Waals surface area (Å²) in [6, 6.07) is 7.33. The molecule has 1 aromatic carbocycles. The van der Waals surface area contributed by atoms with Crippen LogP contribution in [0.1, 0.15) is 18.9 Å². The average Bonchev–Trinajstić information content (AvgIpc) is 2.25. The van der Waals surface area contributed by atoms with Gasteiger partial charge in [-0.1, -0.05) is 19.1 Å². The fourth-order valence-corrected chi connectivity index (χ4v) is 1.25. The Labute approximate surface area is 89.2 Å². The van der Waals surface area contributed by atoms with E-state index in [0.29, 0.717) is 18.7 Å². The summed E-state index contributed by atoms with van der Waals surface area (Å²) in [5, 5.41) is 0. The molecule has 0 aromatic heterocycles. The summed E-state index contributed by atoms with van der Waals surface area (Å²) in [6.45, 7) is 2.30. The topological polar surface area (TPSA) is 78.3 Å². The summed E-state index contributed by atoms with van der Waals surface area (Å²) >= 11 is 0. The largest absolute Gasteiger partial charge is 0.481 e. The van der Waals surface area contributed by atoms with Crippen LogP contribution in [0.3, 0.4) is 0 Å². The lowest BCUT2D eigenvalue weighted by Gasteiger charge is -2.14. The molecule has 1 aromatic rings. The van der Waals surface area contributed by atoms with E-state index in [1.54, 1.807) is 6.07 Å². The summed E-state index contributed by atoms with van der Waals surface area (Å²) in [7, 11) is 0. The lowest BCUT2D eigenvalue weighted by molar-refractivity contribution is -0.124. The molecule has 15 heavy (non-hydrogen) atoms. The second-order valence-corrected chi connectivity index (χ2v) is 3.27. The van der Waals surface area contributed by atoms with Crippen molar-refractivity contribution in [1.82, 2.24) is 0 Å². The third-order valence-electron chi connectivity index (χ3n) is 2.10. The van der Waals surface area contributed by atoms with Crippen LogP contribution in [-0.2, 0) is 11.3 Å². The Hall–Kier alpha value is -1.55. The Kier molecular flexibility index (Phi) is 4.12. The van der Waals surface area contributed by atoms with Crippen LogP contribution in [0.4, 0.5) is 0 Å². The third kappa shape index (κ3) is 3.25. The summed E-state index contributed by atoms with van der Waals surface area (Å²) in [4.78, 5) is 11.0. The standard InChI is InChI=1S/C11H16N2O2/c1-2-10(11(13)14)15-9-5-3-4-8(6-9)7-12/h3-6,10H,2,7,12H2,1H3,(H2,13,14). The van der Waals surface area contributed by atoms with Gasteiger partial charge in [-0.25, -0.2) is 0 Å². The molecule has 82 valence electrons. The molecule has 0 saturated carbocycles. The van der Waals surface area contributed by atoms with E-state index in [4.69, 9.17) is 16.2 Å². The number of carbonyl (C=O) groups excluding carboxylic acids is 1. The molecule has 4 heteroatoms. The summed E-state index contributed by atoms with van der Waals surface area (Å²) in [5.74, 6) is 0.180. The van der Waals surface area contributed by atoms with Crippen molar-refractivity contribution < 1.29 is 9.53 Å². The van der Waals surface area contributed by atoms with Crippen molar-refractivity contribution in [2.45, 2.75) is 26.0 Å². The first-order valence-electron chi connectivity index (χ1n) is 4.92. The van der Waals surface area contributed by atoms with Gasteiger partial charge in [0.15, 0.2) is 6.10 Å². The number of benzene rings is 1. The van der Waals surface area contributed by atoms with Gasteiger partial charge in [0.25, 0.3) is 5.91 Å². The smallest absolute Gasteiger partial charge is 0.258 e. The molecule has 0 spiro atoms. The minimum atomic E-state index is -0.571. The van der Waals surface area contributed by atoms with Gasteiger partial charge in [0, 0.05) is 6.54 Å². The first kappa shape index (κ1) is 11.5. The van der Waals surface area contributed by atoms with Gasteiger partial charge in [0.2, 0.25) is 0 Å². The number of rotatable bonds is 5. The Bertz CT molecular complexity index is 339.